The molecule has 0 saturated heterocycles. The Bertz CT molecular complexity index is 1230. The highest BCUT2D eigenvalue weighted by Gasteiger charge is 2.34. The molecule has 0 amide bonds. The highest BCUT2D eigenvalue weighted by atomic mass is 16.5. The lowest BCUT2D eigenvalue weighted by atomic mass is 9.83. The van der Waals surface area contributed by atoms with Crippen molar-refractivity contribution < 1.29 is 19.0 Å². The molecule has 1 heterocycles. The van der Waals surface area contributed by atoms with Gasteiger partial charge in [0.15, 0.2) is 0 Å². The average molecular weight is 605 g/mol. The van der Waals surface area contributed by atoms with Gasteiger partial charge in [0, 0.05) is 11.1 Å². The first-order chi connectivity index (χ1) is 21.0. The molecule has 3 rings (SSSR count). The summed E-state index contributed by atoms with van der Waals surface area (Å²) in [5.41, 5.74) is 6.06. The van der Waals surface area contributed by atoms with Crippen molar-refractivity contribution in [3.8, 4) is 11.5 Å². The molecule has 244 valence electrons. The van der Waals surface area contributed by atoms with Gasteiger partial charge in [-0.1, -0.05) is 96.9 Å². The molecule has 0 radical (unpaired) electrons. The van der Waals surface area contributed by atoms with Crippen LogP contribution in [0.15, 0.2) is 24.3 Å². The molecule has 4 nitrogen and oxygen atoms in total. The van der Waals surface area contributed by atoms with Crippen LogP contribution in [-0.2, 0) is 11.2 Å². The van der Waals surface area contributed by atoms with Gasteiger partial charge in [-0.25, -0.2) is 4.79 Å². The van der Waals surface area contributed by atoms with Gasteiger partial charge in [-0.3, -0.25) is 0 Å². The normalized spacial score (nSPS) is 17.8. The first kappa shape index (κ1) is 35.7. The maximum atomic E-state index is 12.0. The number of hydrogen-bond acceptors (Lipinski definition) is 4. The number of ether oxygens (including phenoxy) is 3. The highest BCUT2D eigenvalue weighted by molar-refractivity contribution is 5.90. The third-order valence-corrected chi connectivity index (χ3v) is 9.68. The zero-order valence-corrected chi connectivity index (χ0v) is 29.3. The lowest BCUT2D eigenvalue weighted by molar-refractivity contribution is 0.0511. The van der Waals surface area contributed by atoms with Crippen LogP contribution in [0.2, 0.25) is 0 Å². The molecule has 44 heavy (non-hydrogen) atoms. The molecule has 1 aliphatic heterocycles. The summed E-state index contributed by atoms with van der Waals surface area (Å²) in [6, 6.07) is 7.53. The van der Waals surface area contributed by atoms with Crippen LogP contribution >= 0.6 is 0 Å². The van der Waals surface area contributed by atoms with Gasteiger partial charge in [-0.05, 0) is 100.0 Å². The summed E-state index contributed by atoms with van der Waals surface area (Å²) in [5, 5.41) is 0. The van der Waals surface area contributed by atoms with Crippen LogP contribution in [-0.4, -0.2) is 25.3 Å². The number of carbonyl (C=O) groups excluding carboxylic acids is 1. The van der Waals surface area contributed by atoms with E-state index in [1.807, 2.05) is 31.2 Å². The SMILES string of the molecule is CCOC(=O)c1ccc(C=Cc2c3c(c(C)c(C)c2OC)OC(C)(CCCC(C)CCCC(C)CCCC(C)C)CC3)cc1. The van der Waals surface area contributed by atoms with E-state index < -0.39 is 0 Å². The maximum Gasteiger partial charge on any atom is 0.338 e. The van der Waals surface area contributed by atoms with E-state index in [9.17, 15) is 4.79 Å². The predicted molar refractivity (Wildman–Crippen MR) is 186 cm³/mol. The topological polar surface area (TPSA) is 44.8 Å². The largest absolute Gasteiger partial charge is 0.496 e. The Morgan fingerprint density at radius 1 is 0.909 bits per heavy atom. The monoisotopic (exact) mass is 604 g/mol. The first-order valence-electron chi connectivity index (χ1n) is 17.3. The van der Waals surface area contributed by atoms with Gasteiger partial charge in [0.25, 0.3) is 0 Å². The van der Waals surface area contributed by atoms with Gasteiger partial charge >= 0.3 is 5.97 Å². The van der Waals surface area contributed by atoms with Crippen molar-refractivity contribution in [3.05, 3.63) is 57.6 Å². The number of fused-ring (bicyclic) bond motifs is 1. The number of methoxy groups -OCH3 is 1. The van der Waals surface area contributed by atoms with Crippen LogP contribution in [0.25, 0.3) is 12.2 Å². The Balaban J connectivity index is 1.61. The van der Waals surface area contributed by atoms with Crippen molar-refractivity contribution in [3.63, 3.8) is 0 Å². The molecule has 0 saturated carbocycles. The molecule has 1 aliphatic rings. The van der Waals surface area contributed by atoms with Gasteiger partial charge in [-0.2, -0.15) is 0 Å². The Kier molecular flexibility index (Phi) is 13.9. The second-order valence-electron chi connectivity index (χ2n) is 14.1. The Morgan fingerprint density at radius 2 is 1.52 bits per heavy atom. The standard InChI is InChI=1S/C40H60O4/c1-10-43-39(41)34-22-19-33(20-23-34)21-24-35-36-25-27-40(8,44-38(36)32(7)31(6)37(35)42-9)26-13-18-30(5)17-12-16-29(4)15-11-14-28(2)3/h19-24,28-30H,10-18,25-27H2,1-9H3. The minimum absolute atomic E-state index is 0.145. The molecule has 0 aromatic heterocycles. The quantitative estimate of drug-likeness (QED) is 0.133. The Hall–Kier alpha value is -2.75. The van der Waals surface area contributed by atoms with E-state index in [1.54, 1.807) is 7.11 Å². The molecule has 4 heteroatoms. The summed E-state index contributed by atoms with van der Waals surface area (Å²) < 4.78 is 18.0. The van der Waals surface area contributed by atoms with E-state index in [1.165, 1.54) is 62.5 Å². The van der Waals surface area contributed by atoms with Crippen molar-refractivity contribution in [1.29, 1.82) is 0 Å². The van der Waals surface area contributed by atoms with Gasteiger partial charge < -0.3 is 14.2 Å². The third-order valence-electron chi connectivity index (χ3n) is 9.68. The van der Waals surface area contributed by atoms with Crippen LogP contribution < -0.4 is 9.47 Å². The van der Waals surface area contributed by atoms with Gasteiger partial charge in [-0.15, -0.1) is 0 Å². The Morgan fingerprint density at radius 3 is 2.11 bits per heavy atom. The summed E-state index contributed by atoms with van der Waals surface area (Å²) in [6.07, 6.45) is 18.0. The molecular weight excluding hydrogens is 544 g/mol. The van der Waals surface area contributed by atoms with Crippen LogP contribution in [0.1, 0.15) is 144 Å². The summed E-state index contributed by atoms with van der Waals surface area (Å²) in [5.74, 6) is 4.12. The zero-order chi connectivity index (χ0) is 32.3. The minimum Gasteiger partial charge on any atom is -0.496 e. The van der Waals surface area contributed by atoms with Crippen molar-refractivity contribution in [2.45, 2.75) is 132 Å². The number of rotatable bonds is 17. The van der Waals surface area contributed by atoms with Crippen LogP contribution in [0, 0.1) is 31.6 Å². The van der Waals surface area contributed by atoms with Crippen LogP contribution in [0.5, 0.6) is 11.5 Å². The van der Waals surface area contributed by atoms with E-state index >= 15 is 0 Å². The summed E-state index contributed by atoms with van der Waals surface area (Å²) in [6.45, 7) is 18.3. The van der Waals surface area contributed by atoms with Crippen molar-refractivity contribution in [1.82, 2.24) is 0 Å². The molecule has 0 aliphatic carbocycles. The Labute approximate surface area is 269 Å². The highest BCUT2D eigenvalue weighted by Crippen LogP contribution is 2.46. The molecule has 0 N–H and O–H groups in total. The molecule has 3 atom stereocenters. The van der Waals surface area contributed by atoms with Crippen molar-refractivity contribution in [2.75, 3.05) is 13.7 Å². The summed E-state index contributed by atoms with van der Waals surface area (Å²) >= 11 is 0. The van der Waals surface area contributed by atoms with E-state index in [4.69, 9.17) is 14.2 Å². The van der Waals surface area contributed by atoms with Crippen LogP contribution in [0.3, 0.4) is 0 Å². The van der Waals surface area contributed by atoms with E-state index in [0.29, 0.717) is 12.2 Å². The second kappa shape index (κ2) is 17.1. The lowest BCUT2D eigenvalue weighted by Crippen LogP contribution is -2.37. The smallest absolute Gasteiger partial charge is 0.338 e. The molecule has 2 aromatic rings. The number of hydrogen-bond donors (Lipinski definition) is 0. The van der Waals surface area contributed by atoms with Gasteiger partial charge in [0.2, 0.25) is 0 Å². The van der Waals surface area contributed by atoms with Gasteiger partial charge in [0.05, 0.1) is 19.3 Å². The number of esters is 1. The molecule has 0 fully saturated rings. The first-order valence-corrected chi connectivity index (χ1v) is 17.3. The molecule has 0 spiro atoms. The molecule has 0 bridgehead atoms. The second-order valence-corrected chi connectivity index (χ2v) is 14.1. The van der Waals surface area contributed by atoms with E-state index in [-0.39, 0.29) is 11.6 Å². The van der Waals surface area contributed by atoms with E-state index in [0.717, 1.165) is 65.2 Å². The number of carbonyl (C=O) groups is 1. The molecular formula is C40H60O4. The fourth-order valence-electron chi connectivity index (χ4n) is 6.64. The van der Waals surface area contributed by atoms with Crippen LogP contribution in [0.4, 0.5) is 0 Å². The summed E-state index contributed by atoms with van der Waals surface area (Å²) in [7, 11) is 1.75. The maximum absolute atomic E-state index is 12.0. The van der Waals surface area contributed by atoms with Crippen molar-refractivity contribution in [2.24, 2.45) is 17.8 Å². The molecule has 2 aromatic carbocycles. The third kappa shape index (κ3) is 10.1. The lowest BCUT2D eigenvalue weighted by Gasteiger charge is -2.38. The fraction of sp³-hybridized carbons (Fsp3) is 0.625. The average Bonchev–Trinajstić information content (AvgIpc) is 2.98. The minimum atomic E-state index is -0.292. The number of benzene rings is 2. The zero-order valence-electron chi connectivity index (χ0n) is 29.3. The van der Waals surface area contributed by atoms with Crippen molar-refractivity contribution >= 4 is 18.1 Å². The predicted octanol–water partition coefficient (Wildman–Crippen LogP) is 11.2. The van der Waals surface area contributed by atoms with Gasteiger partial charge in [0.1, 0.15) is 17.1 Å². The molecule has 3 unspecified atom stereocenters. The van der Waals surface area contributed by atoms with E-state index in [2.05, 4.69) is 60.6 Å². The fourth-order valence-corrected chi connectivity index (χ4v) is 6.64. The summed E-state index contributed by atoms with van der Waals surface area (Å²) in [4.78, 5) is 12.0.